The minimum atomic E-state index is 1.03. The van der Waals surface area contributed by atoms with Crippen molar-refractivity contribution in [3.63, 3.8) is 0 Å². The summed E-state index contributed by atoms with van der Waals surface area (Å²) in [5.74, 6) is 9.16. The molecule has 0 nitrogen and oxygen atoms in total. The molecule has 0 saturated heterocycles. The van der Waals surface area contributed by atoms with E-state index in [0.717, 1.165) is 23.7 Å². The second kappa shape index (κ2) is 4.62. The Morgan fingerprint density at radius 1 is 0.600 bits per heavy atom. The molecule has 8 unspecified atom stereocenters. The Hall–Kier alpha value is -0.260. The summed E-state index contributed by atoms with van der Waals surface area (Å²) in [6.07, 6.45) is 20.5. The van der Waals surface area contributed by atoms with E-state index in [2.05, 4.69) is 12.2 Å². The van der Waals surface area contributed by atoms with Gasteiger partial charge in [-0.15, -0.1) is 0 Å². The minimum Gasteiger partial charge on any atom is -0.0879 e. The third kappa shape index (κ3) is 1.72. The lowest BCUT2D eigenvalue weighted by Crippen LogP contribution is -2.16. The number of hydrogen-bond acceptors (Lipinski definition) is 0. The molecule has 6 aliphatic carbocycles. The molecule has 8 atom stereocenters. The zero-order valence-electron chi connectivity index (χ0n) is 12.8. The van der Waals surface area contributed by atoms with Gasteiger partial charge in [-0.3, -0.25) is 0 Å². The first-order chi connectivity index (χ1) is 9.90. The summed E-state index contributed by atoms with van der Waals surface area (Å²) < 4.78 is 0. The first kappa shape index (κ1) is 12.3. The summed E-state index contributed by atoms with van der Waals surface area (Å²) in [7, 11) is 0. The summed E-state index contributed by atoms with van der Waals surface area (Å²) in [4.78, 5) is 0. The molecule has 0 aliphatic heterocycles. The van der Waals surface area contributed by atoms with Crippen molar-refractivity contribution in [1.82, 2.24) is 0 Å². The van der Waals surface area contributed by atoms with Gasteiger partial charge in [0.1, 0.15) is 0 Å². The van der Waals surface area contributed by atoms with Gasteiger partial charge >= 0.3 is 0 Å². The van der Waals surface area contributed by atoms with Gasteiger partial charge in [0.25, 0.3) is 0 Å². The summed E-state index contributed by atoms with van der Waals surface area (Å²) in [5, 5.41) is 0. The van der Waals surface area contributed by atoms with Gasteiger partial charge in [0.2, 0.25) is 0 Å². The summed E-state index contributed by atoms with van der Waals surface area (Å²) in [6.45, 7) is 0. The van der Waals surface area contributed by atoms with Crippen LogP contribution < -0.4 is 0 Å². The van der Waals surface area contributed by atoms with Crippen LogP contribution >= 0.6 is 0 Å². The molecular weight excluding hydrogens is 240 g/mol. The van der Waals surface area contributed by atoms with Crippen LogP contribution in [0.1, 0.15) is 64.2 Å². The highest BCUT2D eigenvalue weighted by Crippen LogP contribution is 2.58. The summed E-state index contributed by atoms with van der Waals surface area (Å²) >= 11 is 0. The van der Waals surface area contributed by atoms with Crippen molar-refractivity contribution in [2.45, 2.75) is 64.2 Å². The molecule has 6 aliphatic rings. The second-order valence-corrected chi connectivity index (χ2v) is 8.83. The molecule has 20 heavy (non-hydrogen) atoms. The number of hydrogen-bond donors (Lipinski definition) is 0. The second-order valence-electron chi connectivity index (χ2n) is 8.83. The lowest BCUT2D eigenvalue weighted by molar-refractivity contribution is 0.259. The van der Waals surface area contributed by atoms with Gasteiger partial charge in [-0.25, -0.2) is 0 Å². The van der Waals surface area contributed by atoms with Crippen LogP contribution in [0.3, 0.4) is 0 Å². The molecule has 5 fully saturated rings. The first-order valence-corrected chi connectivity index (χ1v) is 9.57. The average molecular weight is 270 g/mol. The van der Waals surface area contributed by atoms with Gasteiger partial charge in [0.15, 0.2) is 0 Å². The van der Waals surface area contributed by atoms with Crippen molar-refractivity contribution in [1.29, 1.82) is 0 Å². The Labute approximate surface area is 124 Å². The largest absolute Gasteiger partial charge is 0.0879 e. The fourth-order valence-corrected chi connectivity index (χ4v) is 7.52. The third-order valence-electron chi connectivity index (χ3n) is 8.27. The van der Waals surface area contributed by atoms with E-state index in [4.69, 9.17) is 0 Å². The quantitative estimate of drug-likeness (QED) is 0.514. The minimum absolute atomic E-state index is 1.03. The molecular formula is C20H30. The maximum Gasteiger partial charge on any atom is -0.0171 e. The van der Waals surface area contributed by atoms with Gasteiger partial charge in [-0.1, -0.05) is 18.6 Å². The van der Waals surface area contributed by atoms with E-state index in [1.807, 2.05) is 0 Å². The fraction of sp³-hybridized carbons (Fsp3) is 0.900. The van der Waals surface area contributed by atoms with Crippen LogP contribution in [0.15, 0.2) is 12.2 Å². The van der Waals surface area contributed by atoms with E-state index in [1.165, 1.54) is 36.5 Å². The molecule has 0 spiro atoms. The number of fused-ring (bicyclic) bond motifs is 10. The zero-order chi connectivity index (χ0) is 13.1. The zero-order valence-corrected chi connectivity index (χ0v) is 12.8. The van der Waals surface area contributed by atoms with E-state index in [9.17, 15) is 0 Å². The predicted octanol–water partition coefficient (Wildman–Crippen LogP) is 5.44. The van der Waals surface area contributed by atoms with Crippen LogP contribution in [0, 0.1) is 47.3 Å². The monoisotopic (exact) mass is 270 g/mol. The highest BCUT2D eigenvalue weighted by molar-refractivity contribution is 5.11. The Bertz CT molecular complexity index is 390. The van der Waals surface area contributed by atoms with E-state index < -0.39 is 0 Å². The van der Waals surface area contributed by atoms with Crippen LogP contribution in [0.5, 0.6) is 0 Å². The maximum absolute atomic E-state index is 2.49. The van der Waals surface area contributed by atoms with Crippen molar-refractivity contribution in [3.05, 3.63) is 12.2 Å². The first-order valence-electron chi connectivity index (χ1n) is 9.57. The van der Waals surface area contributed by atoms with Gasteiger partial charge < -0.3 is 0 Å². The molecule has 0 aromatic carbocycles. The Morgan fingerprint density at radius 3 is 1.90 bits per heavy atom. The van der Waals surface area contributed by atoms with E-state index >= 15 is 0 Å². The number of allylic oxidation sites excluding steroid dienone is 2. The Balaban J connectivity index is 0.0000000960. The van der Waals surface area contributed by atoms with Crippen LogP contribution in [0.2, 0.25) is 0 Å². The lowest BCUT2D eigenvalue weighted by Gasteiger charge is -2.23. The molecule has 4 bridgehead atoms. The normalized spacial score (nSPS) is 56.8. The van der Waals surface area contributed by atoms with Gasteiger partial charge in [0, 0.05) is 0 Å². The van der Waals surface area contributed by atoms with E-state index in [-0.39, 0.29) is 0 Å². The Morgan fingerprint density at radius 2 is 1.20 bits per heavy atom. The average Bonchev–Trinajstić information content (AvgIpc) is 3.28. The lowest BCUT2D eigenvalue weighted by atomic mass is 9.82. The summed E-state index contributed by atoms with van der Waals surface area (Å²) in [5.41, 5.74) is 0. The molecule has 6 rings (SSSR count). The van der Waals surface area contributed by atoms with Gasteiger partial charge in [-0.05, 0) is 105 Å². The molecule has 0 heteroatoms. The smallest absolute Gasteiger partial charge is 0.0171 e. The molecule has 0 radical (unpaired) electrons. The van der Waals surface area contributed by atoms with Crippen molar-refractivity contribution >= 4 is 0 Å². The van der Waals surface area contributed by atoms with Gasteiger partial charge in [-0.2, -0.15) is 0 Å². The SMILES string of the molecule is C1=CC2C3CCC(C3)C2C1.C1CC2C3CCC(C3)C2C1. The van der Waals surface area contributed by atoms with Crippen LogP contribution in [-0.4, -0.2) is 0 Å². The standard InChI is InChI=1S/C10H16.C10H14/c2*1-2-9-7-4-5-8(6-7)10(9)3-1/h7-10H,1-6H2;1-2,7-10H,3-6H2. The maximum atomic E-state index is 2.49. The highest BCUT2D eigenvalue weighted by atomic mass is 14.5. The molecule has 0 aromatic rings. The van der Waals surface area contributed by atoms with E-state index in [0.29, 0.717) is 0 Å². The van der Waals surface area contributed by atoms with Crippen molar-refractivity contribution in [3.8, 4) is 0 Å². The predicted molar refractivity (Wildman–Crippen MR) is 83.2 cm³/mol. The van der Waals surface area contributed by atoms with Crippen LogP contribution in [-0.2, 0) is 0 Å². The van der Waals surface area contributed by atoms with Crippen molar-refractivity contribution in [2.24, 2.45) is 47.3 Å². The molecule has 0 amide bonds. The highest BCUT2D eigenvalue weighted by Gasteiger charge is 2.49. The molecule has 5 saturated carbocycles. The van der Waals surface area contributed by atoms with Crippen molar-refractivity contribution in [2.75, 3.05) is 0 Å². The topological polar surface area (TPSA) is 0 Å². The number of rotatable bonds is 0. The van der Waals surface area contributed by atoms with E-state index in [1.54, 1.807) is 51.4 Å². The molecule has 110 valence electrons. The molecule has 0 N–H and O–H groups in total. The fourth-order valence-electron chi connectivity index (χ4n) is 7.52. The molecule has 0 heterocycles. The van der Waals surface area contributed by atoms with Gasteiger partial charge in [0.05, 0.1) is 0 Å². The molecule has 0 aromatic heterocycles. The summed E-state index contributed by atoms with van der Waals surface area (Å²) in [6, 6.07) is 0. The van der Waals surface area contributed by atoms with Crippen molar-refractivity contribution < 1.29 is 0 Å². The third-order valence-corrected chi connectivity index (χ3v) is 8.27. The van der Waals surface area contributed by atoms with Crippen LogP contribution in [0.4, 0.5) is 0 Å². The Kier molecular flexibility index (Phi) is 2.84. The van der Waals surface area contributed by atoms with Crippen LogP contribution in [0.25, 0.3) is 0 Å².